The quantitative estimate of drug-likeness (QED) is 0.316. The van der Waals surface area contributed by atoms with Crippen LogP contribution in [0.25, 0.3) is 16.9 Å². The zero-order valence-corrected chi connectivity index (χ0v) is 20.1. The summed E-state index contributed by atoms with van der Waals surface area (Å²) in [7, 11) is 1.43. The van der Waals surface area contributed by atoms with Gasteiger partial charge in [-0.1, -0.05) is 0 Å². The van der Waals surface area contributed by atoms with Crippen LogP contribution in [0.4, 0.5) is 15.9 Å². The summed E-state index contributed by atoms with van der Waals surface area (Å²) in [5, 5.41) is 13.0. The second-order valence-electron chi connectivity index (χ2n) is 8.68. The number of nitrogens with one attached hydrogen (secondary N) is 4. The topological polar surface area (TPSA) is 105 Å². The van der Waals surface area contributed by atoms with Gasteiger partial charge < -0.3 is 26.0 Å². The normalized spacial score (nSPS) is 15.6. The third-order valence-corrected chi connectivity index (χ3v) is 6.24. The number of aromatic nitrogens is 3. The summed E-state index contributed by atoms with van der Waals surface area (Å²) in [6.07, 6.45) is 5.11. The summed E-state index contributed by atoms with van der Waals surface area (Å²) < 4.78 is 21.1. The van der Waals surface area contributed by atoms with Crippen LogP contribution < -0.4 is 26.0 Å². The van der Waals surface area contributed by atoms with Crippen LogP contribution in [-0.4, -0.2) is 59.6 Å². The zero-order valence-electron chi connectivity index (χ0n) is 20.1. The van der Waals surface area contributed by atoms with E-state index in [2.05, 4.69) is 31.2 Å². The average Bonchev–Trinajstić information content (AvgIpc) is 3.33. The highest BCUT2D eigenvalue weighted by Crippen LogP contribution is 2.28. The SMILES string of the molecule is COc1ccc(-c2cnc3c(Nc4ccc(C(=O)NCC5CNCCN5)c(C)c4)nccn23)cc1F. The first-order chi connectivity index (χ1) is 17.5. The van der Waals surface area contributed by atoms with Crippen LogP contribution in [0.5, 0.6) is 5.75 Å². The number of hydrogen-bond donors (Lipinski definition) is 4. The second-order valence-corrected chi connectivity index (χ2v) is 8.68. The van der Waals surface area contributed by atoms with Gasteiger partial charge in [0.05, 0.1) is 19.0 Å². The predicted molar refractivity (Wildman–Crippen MR) is 136 cm³/mol. The fourth-order valence-electron chi connectivity index (χ4n) is 4.35. The molecule has 186 valence electrons. The van der Waals surface area contributed by atoms with Crippen molar-refractivity contribution < 1.29 is 13.9 Å². The molecule has 1 amide bonds. The maximum atomic E-state index is 14.3. The second kappa shape index (κ2) is 10.3. The number of halogens is 1. The van der Waals surface area contributed by atoms with E-state index in [-0.39, 0.29) is 17.7 Å². The van der Waals surface area contributed by atoms with Crippen LogP contribution in [-0.2, 0) is 0 Å². The number of amides is 1. The van der Waals surface area contributed by atoms with Gasteiger partial charge in [0.25, 0.3) is 5.91 Å². The van der Waals surface area contributed by atoms with Crippen molar-refractivity contribution in [1.29, 1.82) is 0 Å². The van der Waals surface area contributed by atoms with E-state index in [1.165, 1.54) is 13.2 Å². The van der Waals surface area contributed by atoms with Crippen LogP contribution >= 0.6 is 0 Å². The Balaban J connectivity index is 1.33. The molecule has 0 bridgehead atoms. The highest BCUT2D eigenvalue weighted by molar-refractivity contribution is 5.96. The number of nitrogens with zero attached hydrogens (tertiary/aromatic N) is 3. The van der Waals surface area contributed by atoms with Crippen LogP contribution in [0.1, 0.15) is 15.9 Å². The molecule has 1 saturated heterocycles. The van der Waals surface area contributed by atoms with E-state index in [9.17, 15) is 9.18 Å². The molecule has 4 N–H and O–H groups in total. The lowest BCUT2D eigenvalue weighted by atomic mass is 10.1. The summed E-state index contributed by atoms with van der Waals surface area (Å²) in [6.45, 7) is 5.15. The number of anilines is 2. The van der Waals surface area contributed by atoms with E-state index < -0.39 is 5.82 Å². The number of benzene rings is 2. The van der Waals surface area contributed by atoms with Crippen molar-refractivity contribution in [2.45, 2.75) is 13.0 Å². The van der Waals surface area contributed by atoms with Gasteiger partial charge in [-0.2, -0.15) is 0 Å². The van der Waals surface area contributed by atoms with E-state index in [1.54, 1.807) is 36.8 Å². The fourth-order valence-corrected chi connectivity index (χ4v) is 4.35. The predicted octanol–water partition coefficient (Wildman–Crippen LogP) is 2.89. The van der Waals surface area contributed by atoms with E-state index >= 15 is 0 Å². The van der Waals surface area contributed by atoms with Crippen LogP contribution in [0.15, 0.2) is 55.0 Å². The number of rotatable bonds is 7. The van der Waals surface area contributed by atoms with Crippen LogP contribution in [0.3, 0.4) is 0 Å². The van der Waals surface area contributed by atoms with Gasteiger partial charge >= 0.3 is 0 Å². The molecule has 2 aromatic carbocycles. The van der Waals surface area contributed by atoms with E-state index in [1.807, 2.05) is 23.5 Å². The lowest BCUT2D eigenvalue weighted by Crippen LogP contribution is -2.53. The monoisotopic (exact) mass is 489 g/mol. The minimum atomic E-state index is -0.441. The Hall–Kier alpha value is -4.02. The molecule has 1 aliphatic rings. The summed E-state index contributed by atoms with van der Waals surface area (Å²) in [4.78, 5) is 21.7. The largest absolute Gasteiger partial charge is 0.494 e. The first-order valence-electron chi connectivity index (χ1n) is 11.8. The molecule has 0 saturated carbocycles. The smallest absolute Gasteiger partial charge is 0.251 e. The molecule has 0 radical (unpaired) electrons. The first kappa shape index (κ1) is 23.7. The summed E-state index contributed by atoms with van der Waals surface area (Å²) in [5.74, 6) is 0.192. The van der Waals surface area contributed by atoms with Gasteiger partial charge in [0.15, 0.2) is 23.0 Å². The molecule has 0 spiro atoms. The minimum Gasteiger partial charge on any atom is -0.494 e. The molecule has 9 nitrogen and oxygen atoms in total. The molecule has 10 heteroatoms. The maximum Gasteiger partial charge on any atom is 0.251 e. The lowest BCUT2D eigenvalue weighted by Gasteiger charge is -2.24. The first-order valence-corrected chi connectivity index (χ1v) is 11.8. The number of methoxy groups -OCH3 is 1. The highest BCUT2D eigenvalue weighted by atomic mass is 19.1. The Kier molecular flexibility index (Phi) is 6.79. The minimum absolute atomic E-state index is 0.101. The van der Waals surface area contributed by atoms with Crippen LogP contribution in [0.2, 0.25) is 0 Å². The standard InChI is InChI=1S/C26H28FN7O2/c1-16-11-18(4-5-20(16)26(35)32-14-19-13-28-7-8-29-19)33-24-25-31-15-22(34(25)10-9-30-24)17-3-6-23(36-2)21(27)12-17/h3-6,9-12,15,19,28-29H,7-8,13-14H2,1-2H3,(H,30,33)(H,32,35). The van der Waals surface area contributed by atoms with Crippen molar-refractivity contribution in [3.8, 4) is 17.0 Å². The molecule has 4 aromatic rings. The number of hydrogen-bond acceptors (Lipinski definition) is 7. The molecule has 2 aromatic heterocycles. The van der Waals surface area contributed by atoms with E-state index in [4.69, 9.17) is 4.74 Å². The van der Waals surface area contributed by atoms with Crippen molar-refractivity contribution in [3.63, 3.8) is 0 Å². The van der Waals surface area contributed by atoms with Gasteiger partial charge in [-0.3, -0.25) is 9.20 Å². The summed E-state index contributed by atoms with van der Waals surface area (Å²) in [6, 6.07) is 10.6. The van der Waals surface area contributed by atoms with Crippen molar-refractivity contribution in [2.24, 2.45) is 0 Å². The van der Waals surface area contributed by atoms with Gasteiger partial charge in [-0.15, -0.1) is 0 Å². The van der Waals surface area contributed by atoms with Gasteiger partial charge in [0, 0.05) is 61.4 Å². The van der Waals surface area contributed by atoms with E-state index in [0.29, 0.717) is 29.1 Å². The number of carbonyl (C=O) groups excluding carboxylic acids is 1. The summed E-state index contributed by atoms with van der Waals surface area (Å²) >= 11 is 0. The van der Waals surface area contributed by atoms with Gasteiger partial charge in [0.2, 0.25) is 0 Å². The number of ether oxygens (including phenoxy) is 1. The number of imidazole rings is 1. The molecule has 1 fully saturated rings. The van der Waals surface area contributed by atoms with Gasteiger partial charge in [-0.25, -0.2) is 14.4 Å². The third-order valence-electron chi connectivity index (χ3n) is 6.24. The fraction of sp³-hybridized carbons (Fsp3) is 0.269. The molecular weight excluding hydrogens is 461 g/mol. The molecule has 36 heavy (non-hydrogen) atoms. The number of fused-ring (bicyclic) bond motifs is 1. The van der Waals surface area contributed by atoms with Crippen molar-refractivity contribution in [1.82, 2.24) is 30.3 Å². The highest BCUT2D eigenvalue weighted by Gasteiger charge is 2.16. The van der Waals surface area contributed by atoms with E-state index in [0.717, 1.165) is 36.6 Å². The Morgan fingerprint density at radius 3 is 2.86 bits per heavy atom. The number of carbonyl (C=O) groups is 1. The Labute approximate surface area is 208 Å². The molecular formula is C26H28FN7O2. The van der Waals surface area contributed by atoms with Crippen LogP contribution in [0, 0.1) is 12.7 Å². The summed E-state index contributed by atoms with van der Waals surface area (Å²) in [5.41, 5.74) is 4.24. The number of piperazine rings is 1. The van der Waals surface area contributed by atoms with Crippen molar-refractivity contribution in [3.05, 3.63) is 71.9 Å². The molecule has 3 heterocycles. The van der Waals surface area contributed by atoms with Gasteiger partial charge in [-0.05, 0) is 48.9 Å². The molecule has 1 unspecified atom stereocenters. The Morgan fingerprint density at radius 1 is 1.22 bits per heavy atom. The number of aryl methyl sites for hydroxylation is 1. The molecule has 5 rings (SSSR count). The lowest BCUT2D eigenvalue weighted by molar-refractivity contribution is 0.0948. The molecule has 1 atom stereocenters. The maximum absolute atomic E-state index is 14.3. The average molecular weight is 490 g/mol. The molecule has 0 aliphatic carbocycles. The molecule has 1 aliphatic heterocycles. The van der Waals surface area contributed by atoms with Crippen molar-refractivity contribution >= 4 is 23.1 Å². The third kappa shape index (κ3) is 4.86. The van der Waals surface area contributed by atoms with Gasteiger partial charge in [0.1, 0.15) is 0 Å². The Morgan fingerprint density at radius 2 is 2.11 bits per heavy atom. The van der Waals surface area contributed by atoms with Crippen molar-refractivity contribution in [2.75, 3.05) is 38.6 Å². The zero-order chi connectivity index (χ0) is 25.1. The Bertz CT molecular complexity index is 1400.